The zero-order valence-electron chi connectivity index (χ0n) is 10.6. The molecule has 0 unspecified atom stereocenters. The van der Waals surface area contributed by atoms with Gasteiger partial charge in [-0.2, -0.15) is 5.26 Å². The average Bonchev–Trinajstić information content (AvgIpc) is 2.39. The molecule has 0 saturated heterocycles. The minimum atomic E-state index is -0.416. The highest BCUT2D eigenvalue weighted by atomic mass is 79.9. The third-order valence-electron chi connectivity index (χ3n) is 2.00. The van der Waals surface area contributed by atoms with Crippen LogP contribution in [-0.2, 0) is 4.79 Å². The van der Waals surface area contributed by atoms with E-state index in [1.54, 1.807) is 12.4 Å². The number of carbonyl (C=O) groups is 1. The van der Waals surface area contributed by atoms with E-state index < -0.39 is 5.91 Å². The van der Waals surface area contributed by atoms with Gasteiger partial charge < -0.3 is 10.6 Å². The Labute approximate surface area is 120 Å². The number of nitriles is 1. The minimum Gasteiger partial charge on any atom is -0.351 e. The van der Waals surface area contributed by atoms with Gasteiger partial charge in [0.25, 0.3) is 5.91 Å². The molecule has 100 valence electrons. The van der Waals surface area contributed by atoms with E-state index in [0.717, 1.165) is 4.47 Å². The molecule has 19 heavy (non-hydrogen) atoms. The van der Waals surface area contributed by atoms with Crippen LogP contribution in [0.15, 0.2) is 28.6 Å². The van der Waals surface area contributed by atoms with Gasteiger partial charge in [0.05, 0.1) is 4.47 Å². The largest absolute Gasteiger partial charge is 0.351 e. The van der Waals surface area contributed by atoms with Crippen molar-refractivity contribution in [2.75, 3.05) is 11.9 Å². The molecule has 0 atom stereocenters. The molecular formula is C12H14BrN5O. The first-order valence-corrected chi connectivity index (χ1v) is 6.44. The summed E-state index contributed by atoms with van der Waals surface area (Å²) in [6.45, 7) is 4.47. The highest BCUT2D eigenvalue weighted by molar-refractivity contribution is 9.10. The van der Waals surface area contributed by atoms with Crippen LogP contribution in [0.5, 0.6) is 0 Å². The highest BCUT2D eigenvalue weighted by Gasteiger charge is 2.08. The number of nitrogens with zero attached hydrogens (tertiary/aromatic N) is 3. The number of anilines is 1. The molecule has 2 N–H and O–H groups in total. The van der Waals surface area contributed by atoms with Gasteiger partial charge in [0, 0.05) is 25.1 Å². The lowest BCUT2D eigenvalue weighted by Crippen LogP contribution is -2.28. The van der Waals surface area contributed by atoms with Gasteiger partial charge in [0.1, 0.15) is 11.6 Å². The van der Waals surface area contributed by atoms with Gasteiger partial charge in [0.2, 0.25) is 5.95 Å². The van der Waals surface area contributed by atoms with Gasteiger partial charge in [-0.3, -0.25) is 4.79 Å². The van der Waals surface area contributed by atoms with E-state index in [9.17, 15) is 4.79 Å². The van der Waals surface area contributed by atoms with Gasteiger partial charge in [-0.25, -0.2) is 9.97 Å². The van der Waals surface area contributed by atoms with Crippen LogP contribution in [0.4, 0.5) is 5.95 Å². The van der Waals surface area contributed by atoms with E-state index in [0.29, 0.717) is 18.4 Å². The molecule has 1 heterocycles. The van der Waals surface area contributed by atoms with Crippen molar-refractivity contribution >= 4 is 27.8 Å². The Morgan fingerprint density at radius 3 is 2.68 bits per heavy atom. The third kappa shape index (κ3) is 5.48. The second-order valence-electron chi connectivity index (χ2n) is 4.14. The van der Waals surface area contributed by atoms with Gasteiger partial charge in [-0.05, 0) is 21.8 Å². The number of rotatable bonds is 5. The van der Waals surface area contributed by atoms with Crippen molar-refractivity contribution < 1.29 is 4.79 Å². The van der Waals surface area contributed by atoms with Crippen molar-refractivity contribution in [1.82, 2.24) is 15.3 Å². The summed E-state index contributed by atoms with van der Waals surface area (Å²) in [7, 11) is 0. The summed E-state index contributed by atoms with van der Waals surface area (Å²) in [5, 5.41) is 14.3. The Bertz CT molecular complexity index is 504. The maximum Gasteiger partial charge on any atom is 0.263 e. The fourth-order valence-electron chi connectivity index (χ4n) is 1.06. The van der Waals surface area contributed by atoms with Crippen molar-refractivity contribution in [2.24, 2.45) is 5.92 Å². The Hall–Kier alpha value is -1.94. The topological polar surface area (TPSA) is 90.7 Å². The number of nitrogens with one attached hydrogen (secondary N) is 2. The molecule has 1 aromatic heterocycles. The van der Waals surface area contributed by atoms with E-state index in [4.69, 9.17) is 5.26 Å². The Morgan fingerprint density at radius 2 is 2.16 bits per heavy atom. The van der Waals surface area contributed by atoms with E-state index in [1.807, 2.05) is 19.9 Å². The summed E-state index contributed by atoms with van der Waals surface area (Å²) in [4.78, 5) is 19.6. The lowest BCUT2D eigenvalue weighted by Gasteiger charge is -2.06. The van der Waals surface area contributed by atoms with Gasteiger partial charge in [0.15, 0.2) is 0 Å². The molecule has 0 aliphatic rings. The molecule has 7 heteroatoms. The summed E-state index contributed by atoms with van der Waals surface area (Å²) in [6.07, 6.45) is 4.42. The summed E-state index contributed by atoms with van der Waals surface area (Å²) < 4.78 is 0.747. The van der Waals surface area contributed by atoms with E-state index >= 15 is 0 Å². The highest BCUT2D eigenvalue weighted by Crippen LogP contribution is 2.07. The predicted molar refractivity (Wildman–Crippen MR) is 74.9 cm³/mol. The second kappa shape index (κ2) is 7.48. The van der Waals surface area contributed by atoms with Crippen LogP contribution in [0, 0.1) is 17.2 Å². The van der Waals surface area contributed by atoms with Crippen LogP contribution in [-0.4, -0.2) is 22.4 Å². The zero-order chi connectivity index (χ0) is 14.3. The maximum absolute atomic E-state index is 11.7. The number of hydrogen-bond acceptors (Lipinski definition) is 5. The van der Waals surface area contributed by atoms with Gasteiger partial charge in [-0.1, -0.05) is 13.8 Å². The molecule has 0 bridgehead atoms. The smallest absolute Gasteiger partial charge is 0.263 e. The van der Waals surface area contributed by atoms with Crippen molar-refractivity contribution in [3.05, 3.63) is 28.6 Å². The standard InChI is InChI=1S/C12H14BrN5O/c1-8(2)4-15-11(19)9(3-14)5-16-12-17-6-10(13)7-18-12/h5-8H,4H2,1-2H3,(H,15,19)(H,16,17,18)/b9-5-. The third-order valence-corrected chi connectivity index (χ3v) is 2.41. The monoisotopic (exact) mass is 323 g/mol. The lowest BCUT2D eigenvalue weighted by atomic mass is 10.2. The van der Waals surface area contributed by atoms with Crippen molar-refractivity contribution in [3.63, 3.8) is 0 Å². The first kappa shape index (κ1) is 15.1. The Kier molecular flexibility index (Phi) is 5.96. The van der Waals surface area contributed by atoms with Crippen LogP contribution in [0.25, 0.3) is 0 Å². The van der Waals surface area contributed by atoms with Gasteiger partial charge in [-0.15, -0.1) is 0 Å². The lowest BCUT2D eigenvalue weighted by molar-refractivity contribution is -0.117. The zero-order valence-corrected chi connectivity index (χ0v) is 12.2. The summed E-state index contributed by atoms with van der Waals surface area (Å²) >= 11 is 3.21. The first-order valence-electron chi connectivity index (χ1n) is 5.65. The molecule has 0 spiro atoms. The average molecular weight is 324 g/mol. The normalized spacial score (nSPS) is 11.0. The summed E-state index contributed by atoms with van der Waals surface area (Å²) in [5.74, 6) is 0.222. The predicted octanol–water partition coefficient (Wildman–Crippen LogP) is 1.83. The molecule has 0 aliphatic carbocycles. The van der Waals surface area contributed by atoms with Gasteiger partial charge >= 0.3 is 0 Å². The molecule has 1 rings (SSSR count). The second-order valence-corrected chi connectivity index (χ2v) is 5.06. The molecule has 1 amide bonds. The van der Waals surface area contributed by atoms with Crippen molar-refractivity contribution in [2.45, 2.75) is 13.8 Å². The molecule has 6 nitrogen and oxygen atoms in total. The summed E-state index contributed by atoms with van der Waals surface area (Å²) in [5.41, 5.74) is -0.0211. The Balaban J connectivity index is 2.64. The molecule has 1 aromatic rings. The van der Waals surface area contributed by atoms with Crippen LogP contribution in [0.3, 0.4) is 0 Å². The van der Waals surface area contributed by atoms with Crippen molar-refractivity contribution in [3.8, 4) is 6.07 Å². The number of amides is 1. The number of carbonyl (C=O) groups excluding carboxylic acids is 1. The summed E-state index contributed by atoms with van der Waals surface area (Å²) in [6, 6.07) is 1.83. The fraction of sp³-hybridized carbons (Fsp3) is 0.333. The number of aromatic nitrogens is 2. The molecule has 0 aliphatic heterocycles. The molecule has 0 aromatic carbocycles. The quantitative estimate of drug-likeness (QED) is 0.637. The van der Waals surface area contributed by atoms with Crippen LogP contribution >= 0.6 is 15.9 Å². The van der Waals surface area contributed by atoms with E-state index in [1.165, 1.54) is 6.20 Å². The maximum atomic E-state index is 11.7. The number of halogens is 1. The van der Waals surface area contributed by atoms with Crippen molar-refractivity contribution in [1.29, 1.82) is 5.26 Å². The minimum absolute atomic E-state index is 0.0211. The molecule has 0 saturated carbocycles. The van der Waals surface area contributed by atoms with E-state index in [-0.39, 0.29) is 5.57 Å². The van der Waals surface area contributed by atoms with Crippen LogP contribution in [0.1, 0.15) is 13.8 Å². The molecule has 0 radical (unpaired) electrons. The first-order chi connectivity index (χ1) is 9.02. The molecule has 0 fully saturated rings. The number of hydrogen-bond donors (Lipinski definition) is 2. The van der Waals surface area contributed by atoms with Crippen LogP contribution < -0.4 is 10.6 Å². The molecular weight excluding hydrogens is 310 g/mol. The fourth-order valence-corrected chi connectivity index (χ4v) is 1.27. The SMILES string of the molecule is CC(C)CNC(=O)/C(C#N)=C\Nc1ncc(Br)cn1. The Morgan fingerprint density at radius 1 is 1.53 bits per heavy atom. The van der Waals surface area contributed by atoms with Crippen LogP contribution in [0.2, 0.25) is 0 Å². The van der Waals surface area contributed by atoms with E-state index in [2.05, 4.69) is 36.5 Å².